The highest BCUT2D eigenvalue weighted by Crippen LogP contribution is 2.61. The molecule has 5 atom stereocenters. The van der Waals surface area contributed by atoms with E-state index in [1.165, 1.54) is 6.92 Å². The first-order chi connectivity index (χ1) is 14.2. The number of carbonyl (C=O) groups is 2. The summed E-state index contributed by atoms with van der Waals surface area (Å²) >= 11 is 0. The van der Waals surface area contributed by atoms with Crippen molar-refractivity contribution in [2.75, 3.05) is 13.6 Å². The molecular formula is C23H32N2O5. The Kier molecular flexibility index (Phi) is 5.21. The number of fused-ring (bicyclic) bond motifs is 1. The van der Waals surface area contributed by atoms with Crippen LogP contribution in [-0.4, -0.2) is 58.8 Å². The van der Waals surface area contributed by atoms with E-state index >= 15 is 0 Å². The zero-order valence-corrected chi connectivity index (χ0v) is 18.2. The summed E-state index contributed by atoms with van der Waals surface area (Å²) in [6.07, 6.45) is 2.86. The van der Waals surface area contributed by atoms with Gasteiger partial charge in [-0.15, -0.1) is 0 Å². The van der Waals surface area contributed by atoms with Crippen molar-refractivity contribution < 1.29 is 24.5 Å². The number of ether oxygens (including phenoxy) is 1. The number of nitrogens with one attached hydrogen (secondary N) is 1. The predicted molar refractivity (Wildman–Crippen MR) is 112 cm³/mol. The minimum absolute atomic E-state index is 0.0213. The number of hydrogen-bond acceptors (Lipinski definition) is 5. The summed E-state index contributed by atoms with van der Waals surface area (Å²) in [5.74, 6) is 0.00987. The van der Waals surface area contributed by atoms with Gasteiger partial charge in [-0.05, 0) is 76.2 Å². The molecule has 1 saturated heterocycles. The maximum absolute atomic E-state index is 11.9. The molecule has 3 N–H and O–H groups in total. The Balaban J connectivity index is 1.87. The van der Waals surface area contributed by atoms with Crippen LogP contribution in [0.3, 0.4) is 0 Å². The molecule has 1 aromatic carbocycles. The van der Waals surface area contributed by atoms with Crippen LogP contribution in [0.25, 0.3) is 0 Å². The van der Waals surface area contributed by atoms with E-state index in [4.69, 9.17) is 9.84 Å². The maximum atomic E-state index is 11.9. The number of nitrogens with zero attached hydrogens (tertiary/aromatic N) is 1. The van der Waals surface area contributed by atoms with Gasteiger partial charge in [-0.1, -0.05) is 0 Å². The molecule has 1 spiro atoms. The molecule has 2 aliphatic heterocycles. The second-order valence-corrected chi connectivity index (χ2v) is 9.32. The summed E-state index contributed by atoms with van der Waals surface area (Å²) < 4.78 is 6.46. The topological polar surface area (TPSA) is 99.1 Å². The van der Waals surface area contributed by atoms with E-state index in [-0.39, 0.29) is 35.6 Å². The van der Waals surface area contributed by atoms with Gasteiger partial charge in [0.2, 0.25) is 5.91 Å². The van der Waals surface area contributed by atoms with Crippen LogP contribution >= 0.6 is 0 Å². The normalized spacial score (nSPS) is 32.5. The largest absolute Gasteiger partial charge is 0.504 e. The summed E-state index contributed by atoms with van der Waals surface area (Å²) in [7, 11) is 2.15. The van der Waals surface area contributed by atoms with E-state index in [1.807, 2.05) is 6.92 Å². The smallest absolute Gasteiger partial charge is 0.303 e. The molecule has 0 bridgehead atoms. The summed E-state index contributed by atoms with van der Waals surface area (Å²) in [6, 6.07) is 1.90. The van der Waals surface area contributed by atoms with E-state index in [2.05, 4.69) is 24.2 Å². The van der Waals surface area contributed by atoms with Gasteiger partial charge < -0.3 is 25.2 Å². The molecule has 1 unspecified atom stereocenters. The van der Waals surface area contributed by atoms with Crippen LogP contribution in [0, 0.1) is 12.8 Å². The van der Waals surface area contributed by atoms with Crippen molar-refractivity contribution in [2.24, 2.45) is 5.92 Å². The number of likely N-dealkylation sites (tertiary alicyclic amines) is 1. The molecule has 1 aromatic rings. The van der Waals surface area contributed by atoms with Crippen LogP contribution in [0.2, 0.25) is 0 Å². The first-order valence-electron chi connectivity index (χ1n) is 10.9. The predicted octanol–water partition coefficient (Wildman–Crippen LogP) is 2.36. The fraction of sp³-hybridized carbons (Fsp3) is 0.652. The quantitative estimate of drug-likeness (QED) is 0.697. The van der Waals surface area contributed by atoms with Crippen LogP contribution in [0.4, 0.5) is 0 Å². The van der Waals surface area contributed by atoms with Gasteiger partial charge in [0.05, 0.1) is 6.04 Å². The molecule has 2 heterocycles. The summed E-state index contributed by atoms with van der Waals surface area (Å²) in [5.41, 5.74) is 2.62. The number of hydrogen-bond donors (Lipinski definition) is 3. The third kappa shape index (κ3) is 3.06. The summed E-state index contributed by atoms with van der Waals surface area (Å²) in [5, 5.41) is 23.1. The van der Waals surface area contributed by atoms with Gasteiger partial charge in [-0.2, -0.15) is 0 Å². The number of piperidine rings is 1. The van der Waals surface area contributed by atoms with Gasteiger partial charge in [0.25, 0.3) is 0 Å². The average molecular weight is 417 g/mol. The van der Waals surface area contributed by atoms with Gasteiger partial charge in [-0.25, -0.2) is 0 Å². The van der Waals surface area contributed by atoms with Gasteiger partial charge in [0.15, 0.2) is 11.5 Å². The number of carboxylic acids is 1. The lowest BCUT2D eigenvalue weighted by molar-refractivity contribution is -0.137. The standard InChI is InChI=1S/C23H32N2O5/c1-12-15(5-8-19(28)29)11-18(27)21-20(12)23-9-10-25(4)13(2)16(23)6-7-17(22(23)30-21)24-14(3)26/h11,13,16-17,22,27H,5-10H2,1-4H3,(H,24,26)(H,28,29)/t13-,16?,17+,22+,23+/m1/s1. The van der Waals surface area contributed by atoms with E-state index in [9.17, 15) is 14.7 Å². The van der Waals surface area contributed by atoms with E-state index < -0.39 is 5.97 Å². The maximum Gasteiger partial charge on any atom is 0.303 e. The first-order valence-corrected chi connectivity index (χ1v) is 10.9. The highest BCUT2D eigenvalue weighted by molar-refractivity contribution is 5.73. The minimum atomic E-state index is -0.851. The van der Waals surface area contributed by atoms with Gasteiger partial charge >= 0.3 is 5.97 Å². The van der Waals surface area contributed by atoms with Crippen molar-refractivity contribution in [3.05, 3.63) is 22.8 Å². The minimum Gasteiger partial charge on any atom is -0.504 e. The lowest BCUT2D eigenvalue weighted by Gasteiger charge is -2.56. The SMILES string of the molecule is CC(=O)N[C@H]1CCC2[C@@H](C)N(C)CC[C@@]23c2c(C)c(CCC(=O)O)cc(O)c2O[C@@H]13. The van der Waals surface area contributed by atoms with Crippen molar-refractivity contribution in [1.29, 1.82) is 0 Å². The number of amides is 1. The Morgan fingerprint density at radius 1 is 1.37 bits per heavy atom. The number of aryl methyl sites for hydroxylation is 1. The molecular weight excluding hydrogens is 384 g/mol. The Labute approximate surface area is 177 Å². The molecule has 0 radical (unpaired) electrons. The fourth-order valence-electron chi connectivity index (χ4n) is 6.36. The summed E-state index contributed by atoms with van der Waals surface area (Å²) in [6.45, 7) is 6.72. The summed E-state index contributed by atoms with van der Waals surface area (Å²) in [4.78, 5) is 25.4. The molecule has 1 saturated carbocycles. The van der Waals surface area contributed by atoms with Crippen molar-refractivity contribution in [1.82, 2.24) is 10.2 Å². The molecule has 7 nitrogen and oxygen atoms in total. The number of aromatic hydroxyl groups is 1. The van der Waals surface area contributed by atoms with Crippen LogP contribution < -0.4 is 10.1 Å². The molecule has 0 aromatic heterocycles. The molecule has 3 aliphatic rings. The second kappa shape index (κ2) is 7.45. The molecule has 7 heteroatoms. The fourth-order valence-corrected chi connectivity index (χ4v) is 6.36. The molecule has 2 fully saturated rings. The number of carboxylic acid groups (broad SMARTS) is 1. The molecule has 1 amide bonds. The first kappa shape index (κ1) is 21.0. The van der Waals surface area contributed by atoms with Crippen LogP contribution in [0.1, 0.15) is 56.2 Å². The second-order valence-electron chi connectivity index (χ2n) is 9.32. The lowest BCUT2D eigenvalue weighted by atomic mass is 9.54. The number of aliphatic carboxylic acids is 1. The van der Waals surface area contributed by atoms with Crippen LogP contribution in [0.5, 0.6) is 11.5 Å². The molecule has 30 heavy (non-hydrogen) atoms. The van der Waals surface area contributed by atoms with Crippen LogP contribution in [0.15, 0.2) is 6.07 Å². The number of benzene rings is 1. The number of phenolic OH excluding ortho intramolecular Hbond substituents is 1. The average Bonchev–Trinajstić information content (AvgIpc) is 3.03. The molecule has 1 aliphatic carbocycles. The Bertz CT molecular complexity index is 885. The van der Waals surface area contributed by atoms with Crippen LogP contribution in [-0.2, 0) is 21.4 Å². The van der Waals surface area contributed by atoms with Gasteiger partial charge in [0.1, 0.15) is 6.10 Å². The van der Waals surface area contributed by atoms with Gasteiger partial charge in [-0.3, -0.25) is 9.59 Å². The lowest BCUT2D eigenvalue weighted by Crippen LogP contribution is -2.66. The zero-order chi connectivity index (χ0) is 21.8. The highest BCUT2D eigenvalue weighted by Gasteiger charge is 2.63. The van der Waals surface area contributed by atoms with E-state index in [0.717, 1.165) is 42.5 Å². The monoisotopic (exact) mass is 416 g/mol. The number of carbonyl (C=O) groups excluding carboxylic acids is 1. The van der Waals surface area contributed by atoms with E-state index in [1.54, 1.807) is 6.07 Å². The zero-order valence-electron chi connectivity index (χ0n) is 18.2. The molecule has 164 valence electrons. The molecule has 4 rings (SSSR count). The van der Waals surface area contributed by atoms with Gasteiger partial charge in [0, 0.05) is 30.4 Å². The number of rotatable bonds is 4. The van der Waals surface area contributed by atoms with Crippen molar-refractivity contribution in [3.63, 3.8) is 0 Å². The van der Waals surface area contributed by atoms with E-state index in [0.29, 0.717) is 24.1 Å². The van der Waals surface area contributed by atoms with Crippen molar-refractivity contribution in [2.45, 2.75) is 76.5 Å². The van der Waals surface area contributed by atoms with Crippen molar-refractivity contribution >= 4 is 11.9 Å². The third-order valence-corrected chi connectivity index (χ3v) is 7.81. The van der Waals surface area contributed by atoms with Crippen molar-refractivity contribution in [3.8, 4) is 11.5 Å². The third-order valence-electron chi connectivity index (χ3n) is 7.81. The Morgan fingerprint density at radius 2 is 2.10 bits per heavy atom. The number of phenols is 1. The Morgan fingerprint density at radius 3 is 2.77 bits per heavy atom. The highest BCUT2D eigenvalue weighted by atomic mass is 16.5. The Hall–Kier alpha value is -2.28.